The summed E-state index contributed by atoms with van der Waals surface area (Å²) < 4.78 is 5.11. The van der Waals surface area contributed by atoms with E-state index < -0.39 is 0 Å². The highest BCUT2D eigenvalue weighted by molar-refractivity contribution is 5.97. The van der Waals surface area contributed by atoms with Gasteiger partial charge in [0, 0.05) is 12.4 Å². The van der Waals surface area contributed by atoms with Crippen LogP contribution in [0, 0.1) is 0 Å². The van der Waals surface area contributed by atoms with Crippen LogP contribution in [0.3, 0.4) is 0 Å². The minimum atomic E-state index is -0.317. The molecule has 0 unspecified atom stereocenters. The predicted molar refractivity (Wildman–Crippen MR) is 75.9 cm³/mol. The number of nitrogens with one attached hydrogen (secondary N) is 1. The molecule has 0 fully saturated rings. The molecule has 6 heteroatoms. The van der Waals surface area contributed by atoms with Crippen molar-refractivity contribution in [1.82, 2.24) is 10.4 Å². The number of hydrazone groups is 1. The van der Waals surface area contributed by atoms with Gasteiger partial charge in [0.15, 0.2) is 0 Å². The Morgan fingerprint density at radius 3 is 2.65 bits per heavy atom. The molecule has 0 radical (unpaired) electrons. The molecule has 0 atom stereocenters. The van der Waals surface area contributed by atoms with Crippen molar-refractivity contribution in [3.8, 4) is 5.75 Å². The summed E-state index contributed by atoms with van der Waals surface area (Å²) in [6.07, 6.45) is 4.86. The van der Waals surface area contributed by atoms with Gasteiger partial charge in [0.2, 0.25) is 0 Å². The fraction of sp³-hybridized carbons (Fsp3) is 0.0714. The fourth-order valence-corrected chi connectivity index (χ4v) is 1.51. The standard InChI is InChI=1S/C14H13N3O2.H2O/c1-19-13-5-3-2-4-12(13)14(18)17-16-10-11-6-8-15-9-7-11;/h2-10H,1H3,(H,17,18);1H2. The van der Waals surface area contributed by atoms with Gasteiger partial charge in [-0.1, -0.05) is 12.1 Å². The van der Waals surface area contributed by atoms with Crippen molar-refractivity contribution >= 4 is 12.1 Å². The average molecular weight is 273 g/mol. The number of nitrogens with zero attached hydrogens (tertiary/aromatic N) is 2. The van der Waals surface area contributed by atoms with Gasteiger partial charge in [-0.25, -0.2) is 5.43 Å². The third-order valence-electron chi connectivity index (χ3n) is 2.44. The highest BCUT2D eigenvalue weighted by atomic mass is 16.5. The van der Waals surface area contributed by atoms with Gasteiger partial charge < -0.3 is 10.2 Å². The average Bonchev–Trinajstić information content (AvgIpc) is 2.48. The zero-order valence-corrected chi connectivity index (χ0v) is 10.9. The van der Waals surface area contributed by atoms with E-state index in [1.807, 2.05) is 0 Å². The molecule has 2 aromatic rings. The van der Waals surface area contributed by atoms with Crippen LogP contribution in [0.1, 0.15) is 15.9 Å². The molecular weight excluding hydrogens is 258 g/mol. The van der Waals surface area contributed by atoms with Crippen molar-refractivity contribution in [2.45, 2.75) is 0 Å². The van der Waals surface area contributed by atoms with Crippen LogP contribution in [0.25, 0.3) is 0 Å². The molecule has 0 saturated carbocycles. The molecule has 0 aliphatic rings. The summed E-state index contributed by atoms with van der Waals surface area (Å²) in [5.74, 6) is 0.196. The van der Waals surface area contributed by atoms with Crippen molar-refractivity contribution in [2.24, 2.45) is 5.10 Å². The highest BCUT2D eigenvalue weighted by Crippen LogP contribution is 2.16. The topological polar surface area (TPSA) is 95.1 Å². The van der Waals surface area contributed by atoms with E-state index >= 15 is 0 Å². The maximum atomic E-state index is 11.9. The second-order valence-electron chi connectivity index (χ2n) is 3.68. The van der Waals surface area contributed by atoms with E-state index in [1.54, 1.807) is 55.0 Å². The second-order valence-corrected chi connectivity index (χ2v) is 3.68. The zero-order valence-electron chi connectivity index (χ0n) is 10.9. The van der Waals surface area contributed by atoms with E-state index in [4.69, 9.17) is 4.74 Å². The van der Waals surface area contributed by atoms with Crippen LogP contribution in [0.2, 0.25) is 0 Å². The Kier molecular flexibility index (Phi) is 5.86. The Bertz CT molecular complexity index is 585. The van der Waals surface area contributed by atoms with Crippen LogP contribution >= 0.6 is 0 Å². The Morgan fingerprint density at radius 1 is 1.25 bits per heavy atom. The summed E-state index contributed by atoms with van der Waals surface area (Å²) in [6, 6.07) is 10.6. The van der Waals surface area contributed by atoms with E-state index in [-0.39, 0.29) is 11.4 Å². The Morgan fingerprint density at radius 2 is 1.95 bits per heavy atom. The molecule has 2 rings (SSSR count). The lowest BCUT2D eigenvalue weighted by Gasteiger charge is -2.05. The van der Waals surface area contributed by atoms with Crippen LogP contribution in [0.5, 0.6) is 5.75 Å². The number of hydrogen-bond donors (Lipinski definition) is 1. The zero-order chi connectivity index (χ0) is 13.5. The molecule has 0 spiro atoms. The molecular formula is C14H15N3O3. The summed E-state index contributed by atoms with van der Waals surface area (Å²) in [5.41, 5.74) is 3.75. The van der Waals surface area contributed by atoms with Gasteiger partial charge in [-0.3, -0.25) is 9.78 Å². The van der Waals surface area contributed by atoms with Crippen molar-refractivity contribution < 1.29 is 15.0 Å². The molecule has 1 aromatic heterocycles. The van der Waals surface area contributed by atoms with Crippen LogP contribution in [-0.2, 0) is 0 Å². The summed E-state index contributed by atoms with van der Waals surface area (Å²) in [4.78, 5) is 15.8. The van der Waals surface area contributed by atoms with Gasteiger partial charge in [-0.2, -0.15) is 5.10 Å². The van der Waals surface area contributed by atoms with Crippen LogP contribution in [-0.4, -0.2) is 29.7 Å². The molecule has 104 valence electrons. The van der Waals surface area contributed by atoms with E-state index in [0.29, 0.717) is 11.3 Å². The second kappa shape index (κ2) is 7.65. The quantitative estimate of drug-likeness (QED) is 0.665. The number of carbonyl (C=O) groups is 1. The van der Waals surface area contributed by atoms with E-state index in [1.165, 1.54) is 7.11 Å². The normalized spacial score (nSPS) is 9.85. The lowest BCUT2D eigenvalue weighted by molar-refractivity contribution is 0.0952. The van der Waals surface area contributed by atoms with Crippen LogP contribution in [0.15, 0.2) is 53.9 Å². The molecule has 0 saturated heterocycles. The minimum absolute atomic E-state index is 0. The van der Waals surface area contributed by atoms with E-state index in [9.17, 15) is 4.79 Å². The van der Waals surface area contributed by atoms with E-state index in [0.717, 1.165) is 5.56 Å². The fourth-order valence-electron chi connectivity index (χ4n) is 1.51. The number of amides is 1. The molecule has 0 aliphatic carbocycles. The number of rotatable bonds is 4. The van der Waals surface area contributed by atoms with Gasteiger partial charge in [-0.05, 0) is 29.8 Å². The van der Waals surface area contributed by atoms with Crippen molar-refractivity contribution in [2.75, 3.05) is 7.11 Å². The molecule has 6 nitrogen and oxygen atoms in total. The number of hydrogen-bond acceptors (Lipinski definition) is 4. The largest absolute Gasteiger partial charge is 0.496 e. The van der Waals surface area contributed by atoms with Crippen LogP contribution < -0.4 is 10.2 Å². The first-order chi connectivity index (χ1) is 9.31. The SMILES string of the molecule is COc1ccccc1C(=O)NN=Cc1ccncc1.O. The number of pyridine rings is 1. The maximum absolute atomic E-state index is 11.9. The number of ether oxygens (including phenoxy) is 1. The number of benzene rings is 1. The van der Waals surface area contributed by atoms with Crippen molar-refractivity contribution in [3.63, 3.8) is 0 Å². The van der Waals surface area contributed by atoms with Gasteiger partial charge in [0.25, 0.3) is 5.91 Å². The lowest BCUT2D eigenvalue weighted by atomic mass is 10.2. The first kappa shape index (κ1) is 15.3. The van der Waals surface area contributed by atoms with Gasteiger partial charge >= 0.3 is 0 Å². The van der Waals surface area contributed by atoms with Crippen molar-refractivity contribution in [3.05, 3.63) is 59.9 Å². The predicted octanol–water partition coefficient (Wildman–Crippen LogP) is 1.03. The number of methoxy groups -OCH3 is 1. The van der Waals surface area contributed by atoms with Gasteiger partial charge in [-0.15, -0.1) is 0 Å². The summed E-state index contributed by atoms with van der Waals surface area (Å²) >= 11 is 0. The molecule has 1 heterocycles. The van der Waals surface area contributed by atoms with Gasteiger partial charge in [0.1, 0.15) is 5.75 Å². The van der Waals surface area contributed by atoms with Crippen LogP contribution in [0.4, 0.5) is 0 Å². The lowest BCUT2D eigenvalue weighted by Crippen LogP contribution is -2.18. The molecule has 3 N–H and O–H groups in total. The monoisotopic (exact) mass is 273 g/mol. The number of carbonyl (C=O) groups excluding carboxylic acids is 1. The maximum Gasteiger partial charge on any atom is 0.275 e. The summed E-state index contributed by atoms with van der Waals surface area (Å²) in [7, 11) is 1.52. The molecule has 0 aliphatic heterocycles. The molecule has 0 bridgehead atoms. The molecule has 20 heavy (non-hydrogen) atoms. The number of para-hydroxylation sites is 1. The van der Waals surface area contributed by atoms with Gasteiger partial charge in [0.05, 0.1) is 18.9 Å². The summed E-state index contributed by atoms with van der Waals surface area (Å²) in [5, 5.41) is 3.89. The highest BCUT2D eigenvalue weighted by Gasteiger charge is 2.09. The Labute approximate surface area is 116 Å². The van der Waals surface area contributed by atoms with Crippen molar-refractivity contribution in [1.29, 1.82) is 0 Å². The molecule has 1 amide bonds. The third kappa shape index (κ3) is 3.89. The third-order valence-corrected chi connectivity index (χ3v) is 2.44. The van der Waals surface area contributed by atoms with E-state index in [2.05, 4.69) is 15.5 Å². The molecule has 1 aromatic carbocycles. The Hall–Kier alpha value is -2.73. The Balaban J connectivity index is 0.00000200. The summed E-state index contributed by atoms with van der Waals surface area (Å²) in [6.45, 7) is 0. The minimum Gasteiger partial charge on any atom is -0.496 e. The smallest absolute Gasteiger partial charge is 0.275 e. The first-order valence-corrected chi connectivity index (χ1v) is 5.67. The number of aromatic nitrogens is 1. The first-order valence-electron chi connectivity index (χ1n) is 5.67.